The predicted octanol–water partition coefficient (Wildman–Crippen LogP) is 5.86. The topological polar surface area (TPSA) is 175 Å². The zero-order valence-electron chi connectivity index (χ0n) is 34.3. The van der Waals surface area contributed by atoms with Gasteiger partial charge < -0.3 is 34.5 Å². The smallest absolute Gasteiger partial charge is 0.338 e. The molecule has 2 aromatic carbocycles. The second-order valence-electron chi connectivity index (χ2n) is 18.8. The first kappa shape index (κ1) is 41.4. The van der Waals surface area contributed by atoms with Crippen LogP contribution in [0.1, 0.15) is 109 Å². The van der Waals surface area contributed by atoms with Gasteiger partial charge in [-0.05, 0) is 59.9 Å². The molecular weight excluding hydrogens is 743 g/mol. The number of hydrogen-bond acceptors (Lipinski definition) is 11. The van der Waals surface area contributed by atoms with Crippen molar-refractivity contribution >= 4 is 29.6 Å². The maximum absolute atomic E-state index is 15.4. The van der Waals surface area contributed by atoms with E-state index in [1.807, 2.05) is 51.1 Å². The van der Waals surface area contributed by atoms with Gasteiger partial charge in [-0.2, -0.15) is 0 Å². The summed E-state index contributed by atoms with van der Waals surface area (Å²) in [6.45, 7) is 16.6. The van der Waals surface area contributed by atoms with Gasteiger partial charge in [0.2, 0.25) is 5.91 Å². The van der Waals surface area contributed by atoms with E-state index in [0.717, 1.165) is 5.56 Å². The number of nitrogens with one attached hydrogen (secondary N) is 1. The van der Waals surface area contributed by atoms with Gasteiger partial charge in [-0.1, -0.05) is 89.7 Å². The van der Waals surface area contributed by atoms with Gasteiger partial charge in [-0.3, -0.25) is 19.2 Å². The lowest BCUT2D eigenvalue weighted by Gasteiger charge is -2.63. The number of ether oxygens (including phenoxy) is 4. The predicted molar refractivity (Wildman–Crippen MR) is 210 cm³/mol. The second kappa shape index (κ2) is 14.5. The van der Waals surface area contributed by atoms with E-state index in [2.05, 4.69) is 11.9 Å². The van der Waals surface area contributed by atoms with Crippen molar-refractivity contribution in [1.82, 2.24) is 5.32 Å². The zero-order chi connectivity index (χ0) is 42.2. The largest absolute Gasteiger partial charge is 0.491 e. The van der Waals surface area contributed by atoms with Crippen molar-refractivity contribution in [3.8, 4) is 0 Å². The van der Waals surface area contributed by atoms with Gasteiger partial charge in [-0.25, -0.2) is 4.79 Å². The number of carbonyl (C=O) groups excluding carboxylic acids is 5. The molecule has 2 aromatic rings. The molecular formula is C46H55NO11. The van der Waals surface area contributed by atoms with Crippen LogP contribution in [0.3, 0.4) is 0 Å². The van der Waals surface area contributed by atoms with E-state index in [4.69, 9.17) is 18.9 Å². The van der Waals surface area contributed by atoms with Gasteiger partial charge in [0.25, 0.3) is 0 Å². The molecule has 10 atom stereocenters. The SMILES string of the molecule is C=C(C[C@@H](NC(=O)CC(C)(C)C)c1ccccc1)O[C@H]1C[C@@]2(O)[C@@H](OC(=O)c3ccccc3)[C@H]3C4(C[C@H]4C[C@@H](O)[C@@]34CC(=O)O4)C(=O)C(OC(C)=O)C(=C1C)C2(C)C. The molecule has 1 aliphatic heterocycles. The summed E-state index contributed by atoms with van der Waals surface area (Å²) < 4.78 is 25.0. The van der Waals surface area contributed by atoms with Crippen molar-refractivity contribution < 1.29 is 53.1 Å². The Kier molecular flexibility index (Phi) is 10.3. The summed E-state index contributed by atoms with van der Waals surface area (Å²) in [7, 11) is 0. The Morgan fingerprint density at radius 1 is 0.983 bits per heavy atom. The minimum absolute atomic E-state index is 0.127. The molecule has 2 unspecified atom stereocenters. The van der Waals surface area contributed by atoms with Crippen molar-refractivity contribution in [3.05, 3.63) is 95.3 Å². The Labute approximate surface area is 339 Å². The van der Waals surface area contributed by atoms with Crippen LogP contribution in [0, 0.1) is 28.1 Å². The molecule has 4 aliphatic carbocycles. The summed E-state index contributed by atoms with van der Waals surface area (Å²) in [4.78, 5) is 68.5. The monoisotopic (exact) mass is 797 g/mol. The molecule has 1 heterocycles. The van der Waals surface area contributed by atoms with Crippen LogP contribution in [0.15, 0.2) is 84.1 Å². The minimum Gasteiger partial charge on any atom is -0.491 e. The van der Waals surface area contributed by atoms with Gasteiger partial charge in [0.1, 0.15) is 17.8 Å². The summed E-state index contributed by atoms with van der Waals surface area (Å²) >= 11 is 0. The molecule has 1 saturated heterocycles. The number of benzene rings is 2. The first-order valence-corrected chi connectivity index (χ1v) is 20.1. The van der Waals surface area contributed by atoms with Gasteiger partial charge in [-0.15, -0.1) is 0 Å². The molecule has 5 aliphatic rings. The van der Waals surface area contributed by atoms with Crippen LogP contribution >= 0.6 is 0 Å². The number of ketones is 1. The lowest BCUT2D eigenvalue weighted by molar-refractivity contribution is -0.283. The number of Topliss-reactive ketones (excluding diaryl/α,β-unsaturated/α-hetero) is 1. The molecule has 1 amide bonds. The Hall–Kier alpha value is -4.81. The van der Waals surface area contributed by atoms with Crippen molar-refractivity contribution in [2.75, 3.05) is 0 Å². The van der Waals surface area contributed by atoms with Crippen LogP contribution in [0.2, 0.25) is 0 Å². The molecule has 3 saturated carbocycles. The number of rotatable bonds is 10. The lowest BCUT2D eigenvalue weighted by Crippen LogP contribution is -2.76. The van der Waals surface area contributed by atoms with E-state index in [9.17, 15) is 29.4 Å². The molecule has 58 heavy (non-hydrogen) atoms. The number of aliphatic hydroxyl groups excluding tert-OH is 1. The van der Waals surface area contributed by atoms with Gasteiger partial charge in [0.15, 0.2) is 17.5 Å². The number of hydrogen-bond donors (Lipinski definition) is 3. The molecule has 2 bridgehead atoms. The molecule has 0 aromatic heterocycles. The normalized spacial score (nSPS) is 33.8. The summed E-state index contributed by atoms with van der Waals surface area (Å²) in [5, 5.41) is 28.5. The van der Waals surface area contributed by atoms with Crippen LogP contribution in [0.4, 0.5) is 0 Å². The summed E-state index contributed by atoms with van der Waals surface area (Å²) in [6.07, 6.45) is -4.88. The Morgan fingerprint density at radius 3 is 2.19 bits per heavy atom. The second-order valence-corrected chi connectivity index (χ2v) is 18.8. The quantitative estimate of drug-likeness (QED) is 0.114. The maximum Gasteiger partial charge on any atom is 0.338 e. The Balaban J connectivity index is 1.34. The number of fused-ring (bicyclic) bond motifs is 3. The van der Waals surface area contributed by atoms with E-state index < -0.39 is 88.0 Å². The number of carbonyl (C=O) groups is 5. The molecule has 7 rings (SSSR count). The van der Waals surface area contributed by atoms with Crippen molar-refractivity contribution in [2.45, 2.75) is 129 Å². The van der Waals surface area contributed by atoms with Crippen LogP contribution in [0.5, 0.6) is 0 Å². The average molecular weight is 798 g/mol. The summed E-state index contributed by atoms with van der Waals surface area (Å²) in [6, 6.07) is 17.1. The summed E-state index contributed by atoms with van der Waals surface area (Å²) in [5.41, 5.74) is -4.96. The average Bonchev–Trinajstić information content (AvgIpc) is 3.85. The highest BCUT2D eigenvalue weighted by molar-refractivity contribution is 5.98. The highest BCUT2D eigenvalue weighted by Gasteiger charge is 2.83. The minimum atomic E-state index is -2.08. The number of esters is 3. The van der Waals surface area contributed by atoms with Crippen LogP contribution in [0.25, 0.3) is 0 Å². The molecule has 12 nitrogen and oxygen atoms in total. The lowest BCUT2D eigenvalue weighted by atomic mass is 9.48. The summed E-state index contributed by atoms with van der Waals surface area (Å²) in [5.74, 6) is -4.10. The Morgan fingerprint density at radius 2 is 1.60 bits per heavy atom. The van der Waals surface area contributed by atoms with E-state index >= 15 is 4.79 Å². The molecule has 2 spiro atoms. The highest BCUT2D eigenvalue weighted by Crippen LogP contribution is 2.74. The fraction of sp³-hybridized carbons (Fsp3) is 0.543. The van der Waals surface area contributed by atoms with E-state index in [-0.39, 0.29) is 61.2 Å². The van der Waals surface area contributed by atoms with Gasteiger partial charge >= 0.3 is 17.9 Å². The zero-order valence-corrected chi connectivity index (χ0v) is 34.3. The third-order valence-corrected chi connectivity index (χ3v) is 13.4. The van der Waals surface area contributed by atoms with Gasteiger partial charge in [0, 0.05) is 37.0 Å². The fourth-order valence-electron chi connectivity index (χ4n) is 10.6. The van der Waals surface area contributed by atoms with E-state index in [0.29, 0.717) is 11.1 Å². The van der Waals surface area contributed by atoms with E-state index in [1.165, 1.54) is 6.92 Å². The fourth-order valence-corrected chi connectivity index (χ4v) is 10.6. The molecule has 3 N–H and O–H groups in total. The standard InChI is InChI=1S/C46H55NO11/c1-25(19-31(28-15-11-9-12-16-28)47-34(50)23-42(4,5)6)55-32-22-46(54)40(57-41(53)29-17-13-10-14-18-29)38-44(21-30(44)20-33(49)45(38)24-35(51)58-45)39(52)37(56-27(3)48)36(26(32)2)43(46,7)8/h9-18,30-33,37-38,40,49,54H,1,19-24H2,2-8H3,(H,47,50)/t30-,31-,32+,33-,37?,38+,40+,44?,45+,46-/m1/s1. The van der Waals surface area contributed by atoms with Gasteiger partial charge in [0.05, 0.1) is 35.8 Å². The van der Waals surface area contributed by atoms with Crippen molar-refractivity contribution in [3.63, 3.8) is 0 Å². The van der Waals surface area contributed by atoms with Crippen molar-refractivity contribution in [2.24, 2.45) is 28.1 Å². The third kappa shape index (κ3) is 6.85. The Bertz CT molecular complexity index is 2040. The van der Waals surface area contributed by atoms with Crippen molar-refractivity contribution in [1.29, 1.82) is 0 Å². The van der Waals surface area contributed by atoms with Crippen LogP contribution < -0.4 is 5.32 Å². The maximum atomic E-state index is 15.4. The third-order valence-electron chi connectivity index (χ3n) is 13.4. The first-order valence-electron chi connectivity index (χ1n) is 20.1. The number of aliphatic hydroxyl groups is 2. The number of amides is 1. The molecule has 4 fully saturated rings. The highest BCUT2D eigenvalue weighted by atomic mass is 16.6. The van der Waals surface area contributed by atoms with Crippen LogP contribution in [-0.2, 0) is 38.1 Å². The first-order chi connectivity index (χ1) is 27.1. The molecule has 0 radical (unpaired) electrons. The van der Waals surface area contributed by atoms with E-state index in [1.54, 1.807) is 51.1 Å². The molecule has 12 heteroatoms. The molecule has 310 valence electrons. The van der Waals surface area contributed by atoms with Crippen LogP contribution in [-0.4, -0.2) is 75.4 Å².